The van der Waals surface area contributed by atoms with Crippen molar-refractivity contribution in [2.75, 3.05) is 20.2 Å². The van der Waals surface area contributed by atoms with Crippen molar-refractivity contribution in [3.63, 3.8) is 0 Å². The van der Waals surface area contributed by atoms with Crippen molar-refractivity contribution in [3.8, 4) is 5.88 Å². The number of halogens is 4. The summed E-state index contributed by atoms with van der Waals surface area (Å²) in [5.41, 5.74) is 1.46. The molecule has 1 aliphatic rings. The number of aromatic nitrogens is 1. The summed E-state index contributed by atoms with van der Waals surface area (Å²) in [5, 5.41) is 1.37. The fourth-order valence-corrected chi connectivity index (χ4v) is 3.44. The molecule has 3 rings (SSSR count). The number of hydrogen-bond acceptors (Lipinski definition) is 3. The van der Waals surface area contributed by atoms with Gasteiger partial charge < -0.3 is 4.74 Å². The first-order valence-corrected chi connectivity index (χ1v) is 8.18. The molecule has 0 radical (unpaired) electrons. The standard InChI is InChI=1S/C17H18ClF3N2O/c1-24-16-13(15(18)12-4-2-3-5-14(12)22-16)10-23-8-6-11(7-9-23)17(19,20)21/h2-5,11H,6-10H2,1H3. The van der Waals surface area contributed by atoms with E-state index in [2.05, 4.69) is 4.98 Å². The SMILES string of the molecule is COc1nc2ccccc2c(Cl)c1CN1CCC(C(F)(F)F)CC1. The third-order valence-electron chi connectivity index (χ3n) is 4.51. The number of hydrogen-bond donors (Lipinski definition) is 0. The highest BCUT2D eigenvalue weighted by Crippen LogP contribution is 2.37. The Morgan fingerprint density at radius 3 is 2.54 bits per heavy atom. The van der Waals surface area contributed by atoms with E-state index in [-0.39, 0.29) is 12.8 Å². The summed E-state index contributed by atoms with van der Waals surface area (Å²) in [7, 11) is 1.52. The van der Waals surface area contributed by atoms with E-state index in [4.69, 9.17) is 16.3 Å². The van der Waals surface area contributed by atoms with Crippen LogP contribution in [0.1, 0.15) is 18.4 Å². The average Bonchev–Trinajstić information content (AvgIpc) is 2.57. The predicted molar refractivity (Wildman–Crippen MR) is 87.4 cm³/mol. The van der Waals surface area contributed by atoms with Crippen molar-refractivity contribution in [1.82, 2.24) is 9.88 Å². The maximum atomic E-state index is 12.8. The first-order valence-electron chi connectivity index (χ1n) is 7.80. The molecule has 0 unspecified atom stereocenters. The molecule has 1 aliphatic heterocycles. The molecule has 7 heteroatoms. The van der Waals surface area contributed by atoms with Gasteiger partial charge in [-0.15, -0.1) is 0 Å². The molecule has 1 fully saturated rings. The molecule has 2 aromatic rings. The first-order chi connectivity index (χ1) is 11.4. The number of rotatable bonds is 3. The number of piperidine rings is 1. The zero-order valence-corrected chi connectivity index (χ0v) is 14.0. The van der Waals surface area contributed by atoms with Crippen LogP contribution in [-0.2, 0) is 6.54 Å². The molecule has 1 aromatic heterocycles. The van der Waals surface area contributed by atoms with Crippen molar-refractivity contribution >= 4 is 22.5 Å². The van der Waals surface area contributed by atoms with Crippen LogP contribution in [0.4, 0.5) is 13.2 Å². The fourth-order valence-electron chi connectivity index (χ4n) is 3.14. The van der Waals surface area contributed by atoms with Gasteiger partial charge in [-0.2, -0.15) is 13.2 Å². The van der Waals surface area contributed by atoms with Crippen LogP contribution >= 0.6 is 11.6 Å². The van der Waals surface area contributed by atoms with Crippen LogP contribution in [0.5, 0.6) is 5.88 Å². The summed E-state index contributed by atoms with van der Waals surface area (Å²) in [6.07, 6.45) is -3.87. The lowest BCUT2D eigenvalue weighted by molar-refractivity contribution is -0.185. The molecule has 1 saturated heterocycles. The van der Waals surface area contributed by atoms with E-state index in [1.807, 2.05) is 29.2 Å². The molecular weight excluding hydrogens is 341 g/mol. The van der Waals surface area contributed by atoms with E-state index in [9.17, 15) is 13.2 Å². The van der Waals surface area contributed by atoms with Crippen LogP contribution in [0, 0.1) is 5.92 Å². The largest absolute Gasteiger partial charge is 0.481 e. The number of para-hydroxylation sites is 1. The topological polar surface area (TPSA) is 25.4 Å². The molecule has 0 amide bonds. The summed E-state index contributed by atoms with van der Waals surface area (Å²) in [5.74, 6) is -0.780. The molecule has 24 heavy (non-hydrogen) atoms. The zero-order valence-electron chi connectivity index (χ0n) is 13.2. The highest BCUT2D eigenvalue weighted by molar-refractivity contribution is 6.36. The van der Waals surface area contributed by atoms with Crippen molar-refractivity contribution < 1.29 is 17.9 Å². The minimum absolute atomic E-state index is 0.116. The van der Waals surface area contributed by atoms with Crippen molar-refractivity contribution in [2.45, 2.75) is 25.6 Å². The van der Waals surface area contributed by atoms with Gasteiger partial charge in [0.15, 0.2) is 0 Å². The second kappa shape index (κ2) is 6.76. The maximum absolute atomic E-state index is 12.8. The Labute approximate surface area is 143 Å². The third-order valence-corrected chi connectivity index (χ3v) is 4.94. The van der Waals surface area contributed by atoms with E-state index < -0.39 is 12.1 Å². The number of methoxy groups -OCH3 is 1. The van der Waals surface area contributed by atoms with Crippen LogP contribution in [0.25, 0.3) is 10.9 Å². The Morgan fingerprint density at radius 2 is 1.92 bits per heavy atom. The molecule has 2 heterocycles. The van der Waals surface area contributed by atoms with Crippen LogP contribution < -0.4 is 4.74 Å². The number of likely N-dealkylation sites (tertiary alicyclic amines) is 1. The smallest absolute Gasteiger partial charge is 0.391 e. The molecule has 1 aromatic carbocycles. The zero-order chi connectivity index (χ0) is 17.3. The van der Waals surface area contributed by atoms with E-state index in [1.165, 1.54) is 7.11 Å². The van der Waals surface area contributed by atoms with Gasteiger partial charge in [0, 0.05) is 17.5 Å². The Balaban J connectivity index is 1.82. The Hall–Kier alpha value is -1.53. The lowest BCUT2D eigenvalue weighted by atomic mass is 9.96. The van der Waals surface area contributed by atoms with Gasteiger partial charge >= 0.3 is 6.18 Å². The third kappa shape index (κ3) is 3.44. The number of ether oxygens (including phenoxy) is 1. The first kappa shape index (κ1) is 17.3. The highest BCUT2D eigenvalue weighted by Gasteiger charge is 2.41. The highest BCUT2D eigenvalue weighted by atomic mass is 35.5. The molecule has 0 N–H and O–H groups in total. The van der Waals surface area contributed by atoms with Crippen LogP contribution in [0.2, 0.25) is 5.02 Å². The van der Waals surface area contributed by atoms with Gasteiger partial charge in [-0.3, -0.25) is 4.90 Å². The van der Waals surface area contributed by atoms with Crippen molar-refractivity contribution in [1.29, 1.82) is 0 Å². The van der Waals surface area contributed by atoms with Gasteiger partial charge in [0.05, 0.1) is 23.6 Å². The lowest BCUT2D eigenvalue weighted by Gasteiger charge is -2.33. The second-order valence-corrected chi connectivity index (χ2v) is 6.40. The number of benzene rings is 1. The number of fused-ring (bicyclic) bond motifs is 1. The van der Waals surface area contributed by atoms with Gasteiger partial charge in [0.25, 0.3) is 0 Å². The van der Waals surface area contributed by atoms with E-state index in [0.29, 0.717) is 30.5 Å². The number of alkyl halides is 3. The summed E-state index contributed by atoms with van der Waals surface area (Å²) < 4.78 is 43.7. The predicted octanol–water partition coefficient (Wildman–Crippen LogP) is 4.67. The van der Waals surface area contributed by atoms with Gasteiger partial charge in [-0.05, 0) is 32.0 Å². The minimum Gasteiger partial charge on any atom is -0.481 e. The molecule has 0 atom stereocenters. The molecule has 3 nitrogen and oxygen atoms in total. The number of pyridine rings is 1. The summed E-state index contributed by atoms with van der Waals surface area (Å²) >= 11 is 6.52. The second-order valence-electron chi connectivity index (χ2n) is 6.02. The Morgan fingerprint density at radius 1 is 1.25 bits per heavy atom. The summed E-state index contributed by atoms with van der Waals surface area (Å²) in [4.78, 5) is 6.44. The summed E-state index contributed by atoms with van der Waals surface area (Å²) in [6, 6.07) is 7.47. The Bertz CT molecular complexity index is 728. The van der Waals surface area contributed by atoms with Gasteiger partial charge in [0.2, 0.25) is 5.88 Å². The molecule has 0 spiro atoms. The lowest BCUT2D eigenvalue weighted by Crippen LogP contribution is -2.38. The van der Waals surface area contributed by atoms with E-state index >= 15 is 0 Å². The summed E-state index contributed by atoms with van der Waals surface area (Å²) in [6.45, 7) is 1.21. The van der Waals surface area contributed by atoms with E-state index in [1.54, 1.807) is 0 Å². The van der Waals surface area contributed by atoms with Crippen LogP contribution in [0.3, 0.4) is 0 Å². The van der Waals surface area contributed by atoms with Crippen molar-refractivity contribution in [3.05, 3.63) is 34.9 Å². The Kier molecular flexibility index (Phi) is 4.88. The maximum Gasteiger partial charge on any atom is 0.391 e. The minimum atomic E-state index is -4.11. The molecular formula is C17H18ClF3N2O. The monoisotopic (exact) mass is 358 g/mol. The van der Waals surface area contributed by atoms with Gasteiger partial charge in [-0.25, -0.2) is 4.98 Å². The van der Waals surface area contributed by atoms with Crippen LogP contribution in [-0.4, -0.2) is 36.3 Å². The molecule has 130 valence electrons. The van der Waals surface area contributed by atoms with Crippen LogP contribution in [0.15, 0.2) is 24.3 Å². The van der Waals surface area contributed by atoms with Crippen molar-refractivity contribution in [2.24, 2.45) is 5.92 Å². The molecule has 0 saturated carbocycles. The molecule has 0 aliphatic carbocycles. The van der Waals surface area contributed by atoms with E-state index in [0.717, 1.165) is 16.5 Å². The normalized spacial score (nSPS) is 17.4. The van der Waals surface area contributed by atoms with Gasteiger partial charge in [0.1, 0.15) is 0 Å². The quantitative estimate of drug-likeness (QED) is 0.797. The molecule has 0 bridgehead atoms. The number of nitrogens with zero attached hydrogens (tertiary/aromatic N) is 2. The fraction of sp³-hybridized carbons (Fsp3) is 0.471. The van der Waals surface area contributed by atoms with Gasteiger partial charge in [-0.1, -0.05) is 29.8 Å². The average molecular weight is 359 g/mol.